The van der Waals surface area contributed by atoms with Gasteiger partial charge < -0.3 is 9.73 Å². The summed E-state index contributed by atoms with van der Waals surface area (Å²) in [5, 5.41) is 3.59. The van der Waals surface area contributed by atoms with Crippen LogP contribution in [0.4, 0.5) is 0 Å². The Morgan fingerprint density at radius 3 is 2.88 bits per heavy atom. The van der Waals surface area contributed by atoms with Gasteiger partial charge in [0.05, 0.1) is 16.8 Å². The minimum absolute atomic E-state index is 0.384. The van der Waals surface area contributed by atoms with Gasteiger partial charge in [-0.1, -0.05) is 26.2 Å². The smallest absolute Gasteiger partial charge is 0.134 e. The average Bonchev–Trinajstić information content (AvgIpc) is 2.62. The third-order valence-electron chi connectivity index (χ3n) is 3.40. The Hall–Kier alpha value is -0.280. The van der Waals surface area contributed by atoms with Gasteiger partial charge in [0, 0.05) is 0 Å². The molecule has 1 aromatic heterocycles. The highest BCUT2D eigenvalue weighted by Gasteiger charge is 2.25. The summed E-state index contributed by atoms with van der Waals surface area (Å²) in [7, 11) is 0. The highest BCUT2D eigenvalue weighted by atomic mass is 79.9. The molecule has 1 aliphatic rings. The number of nitrogens with one attached hydrogen (secondary N) is 1. The molecular weight excluding hydrogens is 266 g/mol. The van der Waals surface area contributed by atoms with Gasteiger partial charge >= 0.3 is 0 Å². The average molecular weight is 286 g/mol. The normalized spacial score (nSPS) is 18.4. The van der Waals surface area contributed by atoms with Gasteiger partial charge in [0.25, 0.3) is 0 Å². The van der Waals surface area contributed by atoms with E-state index in [9.17, 15) is 0 Å². The lowest BCUT2D eigenvalue weighted by Crippen LogP contribution is -2.26. The molecule has 1 heterocycles. The molecule has 1 fully saturated rings. The minimum atomic E-state index is 0.384. The van der Waals surface area contributed by atoms with E-state index in [0.717, 1.165) is 22.7 Å². The van der Waals surface area contributed by atoms with Crippen LogP contribution < -0.4 is 5.32 Å². The summed E-state index contributed by atoms with van der Waals surface area (Å²) in [6.07, 6.45) is 8.34. The first kappa shape index (κ1) is 12.2. The van der Waals surface area contributed by atoms with Gasteiger partial charge in [-0.2, -0.15) is 0 Å². The second-order valence-electron chi connectivity index (χ2n) is 4.67. The van der Waals surface area contributed by atoms with Crippen molar-refractivity contribution in [1.82, 2.24) is 5.32 Å². The maximum atomic E-state index is 5.58. The van der Waals surface area contributed by atoms with Crippen molar-refractivity contribution >= 4 is 15.9 Å². The van der Waals surface area contributed by atoms with Crippen LogP contribution in [0.25, 0.3) is 0 Å². The van der Waals surface area contributed by atoms with E-state index in [1.165, 1.54) is 32.1 Å². The maximum absolute atomic E-state index is 5.58. The van der Waals surface area contributed by atoms with Crippen molar-refractivity contribution in [3.8, 4) is 0 Å². The summed E-state index contributed by atoms with van der Waals surface area (Å²) >= 11 is 3.55. The van der Waals surface area contributed by atoms with Crippen LogP contribution in [0.3, 0.4) is 0 Å². The Morgan fingerprint density at radius 2 is 2.38 bits per heavy atom. The quantitative estimate of drug-likeness (QED) is 0.844. The molecule has 0 aliphatic heterocycles. The third-order valence-corrected chi connectivity index (χ3v) is 4.05. The lowest BCUT2D eigenvalue weighted by atomic mass is 9.80. The largest absolute Gasteiger partial charge is 0.466 e. The van der Waals surface area contributed by atoms with Crippen LogP contribution in [0, 0.1) is 5.92 Å². The van der Waals surface area contributed by atoms with Crippen molar-refractivity contribution in [2.24, 2.45) is 5.92 Å². The van der Waals surface area contributed by atoms with Crippen molar-refractivity contribution < 1.29 is 4.42 Å². The summed E-state index contributed by atoms with van der Waals surface area (Å²) in [6.45, 7) is 3.26. The van der Waals surface area contributed by atoms with E-state index in [0.29, 0.717) is 6.04 Å². The lowest BCUT2D eigenvalue weighted by Gasteiger charge is -2.29. The Balaban J connectivity index is 1.98. The van der Waals surface area contributed by atoms with Crippen molar-refractivity contribution in [2.75, 3.05) is 6.54 Å². The van der Waals surface area contributed by atoms with Gasteiger partial charge in [-0.3, -0.25) is 0 Å². The SMILES string of the molecule is CCCNC(CC1CCC1)c1occc1Br. The first-order chi connectivity index (χ1) is 7.81. The van der Waals surface area contributed by atoms with Crippen molar-refractivity contribution in [3.63, 3.8) is 0 Å². The summed E-state index contributed by atoms with van der Waals surface area (Å²) in [5.74, 6) is 1.96. The molecule has 1 unspecified atom stereocenters. The van der Waals surface area contributed by atoms with Gasteiger partial charge in [-0.15, -0.1) is 0 Å². The van der Waals surface area contributed by atoms with E-state index in [4.69, 9.17) is 4.42 Å². The molecule has 1 aliphatic carbocycles. The number of hydrogen-bond acceptors (Lipinski definition) is 2. The Bertz CT molecular complexity index is 319. The molecule has 0 radical (unpaired) electrons. The molecule has 0 spiro atoms. The summed E-state index contributed by atoms with van der Waals surface area (Å²) < 4.78 is 6.68. The first-order valence-corrected chi connectivity index (χ1v) is 7.06. The van der Waals surface area contributed by atoms with Crippen molar-refractivity contribution in [3.05, 3.63) is 22.6 Å². The predicted octanol–water partition coefficient (Wildman–Crippen LogP) is 4.27. The zero-order valence-corrected chi connectivity index (χ0v) is 11.4. The zero-order chi connectivity index (χ0) is 11.4. The van der Waals surface area contributed by atoms with E-state index in [1.807, 2.05) is 6.07 Å². The Morgan fingerprint density at radius 1 is 1.56 bits per heavy atom. The van der Waals surface area contributed by atoms with Crippen LogP contribution in [0.2, 0.25) is 0 Å². The Labute approximate surface area is 106 Å². The number of halogens is 1. The summed E-state index contributed by atoms with van der Waals surface area (Å²) in [4.78, 5) is 0. The molecular formula is C13H20BrNO. The highest BCUT2D eigenvalue weighted by molar-refractivity contribution is 9.10. The predicted molar refractivity (Wildman–Crippen MR) is 69.4 cm³/mol. The molecule has 0 saturated heterocycles. The van der Waals surface area contributed by atoms with Crippen LogP contribution in [0.15, 0.2) is 21.2 Å². The molecule has 0 amide bonds. The third kappa shape index (κ3) is 2.89. The summed E-state index contributed by atoms with van der Waals surface area (Å²) in [5.41, 5.74) is 0. The molecule has 2 nitrogen and oxygen atoms in total. The van der Waals surface area contributed by atoms with E-state index >= 15 is 0 Å². The molecule has 1 saturated carbocycles. The number of rotatable bonds is 6. The van der Waals surface area contributed by atoms with E-state index < -0.39 is 0 Å². The monoisotopic (exact) mass is 285 g/mol. The van der Waals surface area contributed by atoms with Crippen molar-refractivity contribution in [1.29, 1.82) is 0 Å². The first-order valence-electron chi connectivity index (χ1n) is 6.27. The van der Waals surface area contributed by atoms with Crippen LogP contribution in [-0.4, -0.2) is 6.54 Å². The van der Waals surface area contributed by atoms with Crippen LogP contribution in [0.5, 0.6) is 0 Å². The second-order valence-corrected chi connectivity index (χ2v) is 5.53. The minimum Gasteiger partial charge on any atom is -0.466 e. The van der Waals surface area contributed by atoms with Gasteiger partial charge in [0.1, 0.15) is 5.76 Å². The number of furan rings is 1. The standard InChI is InChI=1S/C13H20BrNO/c1-2-7-15-12(9-10-4-3-5-10)13-11(14)6-8-16-13/h6,8,10,12,15H,2-5,7,9H2,1H3. The molecule has 90 valence electrons. The maximum Gasteiger partial charge on any atom is 0.134 e. The van der Waals surface area contributed by atoms with Gasteiger partial charge in [-0.05, 0) is 47.3 Å². The molecule has 0 bridgehead atoms. The van der Waals surface area contributed by atoms with Crippen molar-refractivity contribution in [2.45, 2.75) is 45.1 Å². The fourth-order valence-corrected chi connectivity index (χ4v) is 2.70. The van der Waals surface area contributed by atoms with E-state index in [2.05, 4.69) is 28.2 Å². The summed E-state index contributed by atoms with van der Waals surface area (Å²) in [6, 6.07) is 2.37. The van der Waals surface area contributed by atoms with Gasteiger partial charge in [-0.25, -0.2) is 0 Å². The van der Waals surface area contributed by atoms with Crippen LogP contribution >= 0.6 is 15.9 Å². The lowest BCUT2D eigenvalue weighted by molar-refractivity contribution is 0.246. The van der Waals surface area contributed by atoms with Gasteiger partial charge in [0.15, 0.2) is 0 Å². The molecule has 1 atom stereocenters. The second kappa shape index (κ2) is 5.87. The molecule has 0 aromatic carbocycles. The van der Waals surface area contributed by atoms with E-state index in [-0.39, 0.29) is 0 Å². The van der Waals surface area contributed by atoms with Crippen LogP contribution in [0.1, 0.15) is 50.8 Å². The topological polar surface area (TPSA) is 25.2 Å². The van der Waals surface area contributed by atoms with Crippen LogP contribution in [-0.2, 0) is 0 Å². The molecule has 1 N–H and O–H groups in total. The molecule has 3 heteroatoms. The fraction of sp³-hybridized carbons (Fsp3) is 0.692. The number of hydrogen-bond donors (Lipinski definition) is 1. The van der Waals surface area contributed by atoms with E-state index in [1.54, 1.807) is 6.26 Å². The molecule has 2 rings (SSSR count). The molecule has 16 heavy (non-hydrogen) atoms. The fourth-order valence-electron chi connectivity index (χ4n) is 2.22. The Kier molecular flexibility index (Phi) is 4.47. The zero-order valence-electron chi connectivity index (χ0n) is 9.84. The molecule has 1 aromatic rings. The van der Waals surface area contributed by atoms with Gasteiger partial charge in [0.2, 0.25) is 0 Å². The highest BCUT2D eigenvalue weighted by Crippen LogP contribution is 2.36.